The lowest BCUT2D eigenvalue weighted by atomic mass is 9.95. The van der Waals surface area contributed by atoms with Crippen LogP contribution in [0.1, 0.15) is 32.1 Å². The molecule has 5 heteroatoms. The van der Waals surface area contributed by atoms with Crippen LogP contribution < -0.4 is 5.32 Å². The highest BCUT2D eigenvalue weighted by atomic mass is 32.1. The second kappa shape index (κ2) is 5.35. The first-order valence-electron chi connectivity index (χ1n) is 7.57. The Morgan fingerprint density at radius 3 is 2.96 bits per heavy atom. The van der Waals surface area contributed by atoms with Crippen molar-refractivity contribution in [3.8, 4) is 11.3 Å². The van der Waals surface area contributed by atoms with Crippen molar-refractivity contribution in [2.75, 3.05) is 5.32 Å². The molecule has 1 amide bonds. The maximum Gasteiger partial charge on any atom is 0.278 e. The van der Waals surface area contributed by atoms with E-state index in [4.69, 9.17) is 4.52 Å². The maximum atomic E-state index is 12.6. The molecule has 4 nitrogen and oxygen atoms in total. The van der Waals surface area contributed by atoms with E-state index in [-0.39, 0.29) is 5.91 Å². The molecule has 0 saturated carbocycles. The summed E-state index contributed by atoms with van der Waals surface area (Å²) in [6.45, 7) is 4.02. The minimum atomic E-state index is -0.208. The molecule has 0 bridgehead atoms. The van der Waals surface area contributed by atoms with Crippen LogP contribution in [0, 0.1) is 13.8 Å². The van der Waals surface area contributed by atoms with Crippen molar-refractivity contribution >= 4 is 22.9 Å². The van der Waals surface area contributed by atoms with E-state index in [2.05, 4.69) is 15.9 Å². The summed E-state index contributed by atoms with van der Waals surface area (Å²) in [5.41, 5.74) is 5.41. The first kappa shape index (κ1) is 14.2. The van der Waals surface area contributed by atoms with E-state index >= 15 is 0 Å². The zero-order valence-electron chi connectivity index (χ0n) is 13.0. The maximum absolute atomic E-state index is 12.6. The lowest BCUT2D eigenvalue weighted by Crippen LogP contribution is -2.16. The zero-order valence-corrected chi connectivity index (χ0v) is 13.8. The molecule has 1 aliphatic carbocycles. The number of benzene rings is 1. The molecule has 0 aliphatic heterocycles. The summed E-state index contributed by atoms with van der Waals surface area (Å²) in [6, 6.07) is 7.99. The van der Waals surface area contributed by atoms with E-state index in [0.717, 1.165) is 41.0 Å². The molecule has 1 aromatic carbocycles. The highest BCUT2D eigenvalue weighted by Crippen LogP contribution is 2.38. The molecule has 0 saturated heterocycles. The summed E-state index contributed by atoms with van der Waals surface area (Å²) in [7, 11) is 0. The molecular weight excluding hydrogens is 308 g/mol. The number of aryl methyl sites for hydroxylation is 3. The molecule has 23 heavy (non-hydrogen) atoms. The van der Waals surface area contributed by atoms with E-state index < -0.39 is 0 Å². The molecule has 1 aliphatic rings. The van der Waals surface area contributed by atoms with Crippen LogP contribution in [0.25, 0.3) is 11.3 Å². The van der Waals surface area contributed by atoms with Crippen molar-refractivity contribution in [2.45, 2.75) is 26.7 Å². The van der Waals surface area contributed by atoms with Gasteiger partial charge < -0.3 is 9.84 Å². The van der Waals surface area contributed by atoms with Gasteiger partial charge in [-0.25, -0.2) is 0 Å². The van der Waals surface area contributed by atoms with Crippen molar-refractivity contribution in [1.29, 1.82) is 0 Å². The summed E-state index contributed by atoms with van der Waals surface area (Å²) in [4.78, 5) is 13.9. The fourth-order valence-electron chi connectivity index (χ4n) is 3.04. The Labute approximate surface area is 138 Å². The molecule has 0 spiro atoms. The van der Waals surface area contributed by atoms with Crippen molar-refractivity contribution in [1.82, 2.24) is 5.16 Å². The monoisotopic (exact) mass is 324 g/mol. The summed E-state index contributed by atoms with van der Waals surface area (Å²) < 4.78 is 5.48. The number of nitrogens with zero attached hydrogens (tertiary/aromatic N) is 1. The Hall–Kier alpha value is -2.40. The van der Waals surface area contributed by atoms with Gasteiger partial charge in [0, 0.05) is 21.7 Å². The Morgan fingerprint density at radius 2 is 2.13 bits per heavy atom. The van der Waals surface area contributed by atoms with E-state index in [1.165, 1.54) is 10.4 Å². The van der Waals surface area contributed by atoms with Crippen molar-refractivity contribution < 1.29 is 9.32 Å². The molecule has 1 N–H and O–H groups in total. The van der Waals surface area contributed by atoms with Gasteiger partial charge in [-0.2, -0.15) is 0 Å². The van der Waals surface area contributed by atoms with Crippen molar-refractivity contribution in [2.24, 2.45) is 0 Å². The fourth-order valence-corrected chi connectivity index (χ4v) is 3.92. The predicted octanol–water partition coefficient (Wildman–Crippen LogP) is 4.37. The van der Waals surface area contributed by atoms with Gasteiger partial charge in [0.1, 0.15) is 0 Å². The largest absolute Gasteiger partial charge is 0.355 e. The van der Waals surface area contributed by atoms with Gasteiger partial charge in [-0.1, -0.05) is 22.9 Å². The first-order valence-corrected chi connectivity index (χ1v) is 8.45. The third kappa shape index (κ3) is 2.37. The normalized spacial score (nSPS) is 12.6. The minimum Gasteiger partial charge on any atom is -0.355 e. The highest BCUT2D eigenvalue weighted by molar-refractivity contribution is 7.10. The topological polar surface area (TPSA) is 55.1 Å². The number of nitrogens with one attached hydrogen (secondary N) is 1. The third-order valence-corrected chi connectivity index (χ3v) is 5.21. The minimum absolute atomic E-state index is 0.208. The number of hydrogen-bond acceptors (Lipinski definition) is 4. The number of thiophene rings is 1. The number of fused-ring (bicyclic) bond motifs is 3. The lowest BCUT2D eigenvalue weighted by molar-refractivity contribution is 0.101. The number of aromatic nitrogens is 1. The second-order valence-corrected chi connectivity index (χ2v) is 6.87. The quantitative estimate of drug-likeness (QED) is 0.761. The lowest BCUT2D eigenvalue weighted by Gasteiger charge is -2.11. The number of rotatable bonds is 2. The van der Waals surface area contributed by atoms with E-state index in [0.29, 0.717) is 5.69 Å². The molecule has 0 atom stereocenters. The summed E-state index contributed by atoms with van der Waals surface area (Å²) in [6.07, 6.45) is 1.73. The van der Waals surface area contributed by atoms with Crippen molar-refractivity contribution in [3.05, 3.63) is 56.9 Å². The van der Waals surface area contributed by atoms with Gasteiger partial charge >= 0.3 is 0 Å². The van der Waals surface area contributed by atoms with Gasteiger partial charge in [-0.3, -0.25) is 4.79 Å². The van der Waals surface area contributed by atoms with Crippen LogP contribution in [0.15, 0.2) is 34.2 Å². The van der Waals surface area contributed by atoms with Gasteiger partial charge in [-0.05, 0) is 49.8 Å². The van der Waals surface area contributed by atoms with Crippen molar-refractivity contribution in [3.63, 3.8) is 0 Å². The second-order valence-electron chi connectivity index (χ2n) is 5.87. The molecule has 3 aromatic rings. The highest BCUT2D eigenvalue weighted by Gasteiger charge is 2.28. The smallest absolute Gasteiger partial charge is 0.278 e. The number of anilines is 1. The van der Waals surface area contributed by atoms with Crippen LogP contribution in [0.2, 0.25) is 0 Å². The average Bonchev–Trinajstić information content (AvgIpc) is 3.14. The number of carbonyl (C=O) groups is 1. The van der Waals surface area contributed by atoms with Gasteiger partial charge in [0.2, 0.25) is 0 Å². The van der Waals surface area contributed by atoms with Gasteiger partial charge in [0.15, 0.2) is 11.5 Å². The van der Waals surface area contributed by atoms with Crippen LogP contribution in [0.5, 0.6) is 0 Å². The van der Waals surface area contributed by atoms with Crippen LogP contribution >= 0.6 is 11.3 Å². The Bertz CT molecular complexity index is 908. The fraction of sp³-hybridized carbons (Fsp3) is 0.222. The van der Waals surface area contributed by atoms with Crippen LogP contribution in [-0.2, 0) is 12.8 Å². The molecule has 116 valence electrons. The number of amides is 1. The Kier molecular flexibility index (Phi) is 3.31. The SMILES string of the molecule is Cc1ccc(NC(=O)c2noc3c2CCc2sccc2-3)c(C)c1. The third-order valence-electron chi connectivity index (χ3n) is 4.23. The van der Waals surface area contributed by atoms with E-state index in [9.17, 15) is 4.79 Å². The van der Waals surface area contributed by atoms with Crippen LogP contribution in [0.4, 0.5) is 5.69 Å². The first-order chi connectivity index (χ1) is 11.1. The molecule has 0 radical (unpaired) electrons. The Morgan fingerprint density at radius 1 is 1.26 bits per heavy atom. The van der Waals surface area contributed by atoms with Gasteiger partial charge in [0.05, 0.1) is 0 Å². The Balaban J connectivity index is 1.66. The molecular formula is C18H16N2O2S. The average molecular weight is 324 g/mol. The summed E-state index contributed by atoms with van der Waals surface area (Å²) >= 11 is 1.72. The van der Waals surface area contributed by atoms with E-state index in [1.54, 1.807) is 11.3 Å². The number of hydrogen-bond donors (Lipinski definition) is 1. The van der Waals surface area contributed by atoms with Crippen LogP contribution in [0.3, 0.4) is 0 Å². The predicted molar refractivity (Wildman–Crippen MR) is 91.1 cm³/mol. The molecule has 2 heterocycles. The zero-order chi connectivity index (χ0) is 16.0. The van der Waals surface area contributed by atoms with E-state index in [1.807, 2.05) is 38.1 Å². The van der Waals surface area contributed by atoms with Crippen LogP contribution in [-0.4, -0.2) is 11.1 Å². The summed E-state index contributed by atoms with van der Waals surface area (Å²) in [5.74, 6) is 0.541. The molecule has 0 fully saturated rings. The molecule has 0 unspecified atom stereocenters. The number of carbonyl (C=O) groups excluding carboxylic acids is 1. The van der Waals surface area contributed by atoms with Gasteiger partial charge in [0.25, 0.3) is 5.91 Å². The molecule has 2 aromatic heterocycles. The standard InChI is InChI=1S/C18H16N2O2S/c1-10-3-5-14(11(2)9-10)19-18(21)16-13-4-6-15-12(7-8-23-15)17(13)22-20-16/h3,5,7-9H,4,6H2,1-2H3,(H,19,21). The molecule has 4 rings (SSSR count). The summed E-state index contributed by atoms with van der Waals surface area (Å²) in [5, 5.41) is 9.04. The van der Waals surface area contributed by atoms with Gasteiger partial charge in [-0.15, -0.1) is 11.3 Å².